The number of rotatable bonds is 5. The molecule has 3 aromatic rings. The number of hydrogen-bond donors (Lipinski definition) is 1. The minimum absolute atomic E-state index is 0.0131. The van der Waals surface area contributed by atoms with E-state index in [0.29, 0.717) is 28.6 Å². The van der Waals surface area contributed by atoms with Gasteiger partial charge in [0.15, 0.2) is 5.69 Å². The summed E-state index contributed by atoms with van der Waals surface area (Å²) in [6.45, 7) is 8.48. The quantitative estimate of drug-likeness (QED) is 0.210. The molecule has 2 amide bonds. The third-order valence-electron chi connectivity index (χ3n) is 8.71. The normalized spacial score (nSPS) is 28.4. The fourth-order valence-electron chi connectivity index (χ4n) is 6.77. The lowest BCUT2D eigenvalue weighted by molar-refractivity contribution is -0.143. The zero-order valence-corrected chi connectivity index (χ0v) is 22.3. The van der Waals surface area contributed by atoms with E-state index in [9.17, 15) is 41.0 Å². The number of fused-ring (bicyclic) bond motifs is 6. The zero-order chi connectivity index (χ0) is 31.1. The third kappa shape index (κ3) is 4.34. The van der Waals surface area contributed by atoms with E-state index in [4.69, 9.17) is 16.0 Å². The summed E-state index contributed by atoms with van der Waals surface area (Å²) >= 11 is 0. The Morgan fingerprint density at radius 1 is 0.977 bits per heavy atom. The van der Waals surface area contributed by atoms with Crippen molar-refractivity contribution in [3.8, 4) is 5.75 Å². The number of carbonyl (C=O) groups is 2. The Bertz CT molecular complexity index is 1680. The second-order valence-corrected chi connectivity index (χ2v) is 11.1. The lowest BCUT2D eigenvalue weighted by Gasteiger charge is -2.33. The molecule has 3 fully saturated rings. The van der Waals surface area contributed by atoms with Crippen LogP contribution in [0.3, 0.4) is 0 Å². The van der Waals surface area contributed by atoms with E-state index in [2.05, 4.69) is 4.85 Å². The number of ether oxygens (including phenoxy) is 2. The molecule has 2 unspecified atom stereocenters. The maximum absolute atomic E-state index is 14.0. The van der Waals surface area contributed by atoms with Gasteiger partial charge in [-0.2, -0.15) is 26.3 Å². The molecule has 3 aliphatic rings. The third-order valence-corrected chi connectivity index (χ3v) is 8.71. The minimum atomic E-state index is -5.06. The molecule has 2 bridgehead atoms. The number of aliphatic hydroxyl groups excluding tert-OH is 1. The molecule has 1 N–H and O–H groups in total. The fraction of sp³-hybridized carbons (Fsp3) is 0.367. The van der Waals surface area contributed by atoms with Crippen molar-refractivity contribution in [2.45, 2.75) is 49.4 Å². The molecule has 0 aliphatic carbocycles. The van der Waals surface area contributed by atoms with Gasteiger partial charge in [0, 0.05) is 12.8 Å². The van der Waals surface area contributed by atoms with Gasteiger partial charge in [-0.05, 0) is 42.0 Å². The van der Waals surface area contributed by atoms with E-state index in [0.717, 1.165) is 4.90 Å². The Morgan fingerprint density at radius 3 is 2.19 bits per heavy atom. The molecule has 6 rings (SSSR count). The monoisotopic (exact) mass is 604 g/mol. The molecule has 3 aliphatic heterocycles. The van der Waals surface area contributed by atoms with E-state index >= 15 is 0 Å². The highest BCUT2D eigenvalue weighted by molar-refractivity contribution is 6.26. The van der Waals surface area contributed by atoms with Crippen LogP contribution in [0.5, 0.6) is 5.75 Å². The number of aliphatic hydroxyl groups is 1. The van der Waals surface area contributed by atoms with Crippen molar-refractivity contribution in [3.63, 3.8) is 0 Å². The van der Waals surface area contributed by atoms with Gasteiger partial charge in [0.2, 0.25) is 11.8 Å². The zero-order valence-electron chi connectivity index (χ0n) is 22.3. The Hall–Kier alpha value is -4.15. The number of imide groups is 1. The number of anilines is 1. The predicted octanol–water partition coefficient (Wildman–Crippen LogP) is 6.30. The van der Waals surface area contributed by atoms with Crippen LogP contribution < -0.4 is 9.64 Å². The molecule has 3 heterocycles. The van der Waals surface area contributed by atoms with Crippen molar-refractivity contribution >= 4 is 34.0 Å². The summed E-state index contributed by atoms with van der Waals surface area (Å²) in [7, 11) is 0. The minimum Gasteiger partial charge on any atom is -0.493 e. The highest BCUT2D eigenvalue weighted by Gasteiger charge is 2.77. The van der Waals surface area contributed by atoms with Crippen LogP contribution in [0.1, 0.15) is 30.9 Å². The van der Waals surface area contributed by atoms with Crippen LogP contribution in [0.4, 0.5) is 37.7 Å². The van der Waals surface area contributed by atoms with Gasteiger partial charge in [-0.25, -0.2) is 9.74 Å². The van der Waals surface area contributed by atoms with Gasteiger partial charge in [0.1, 0.15) is 11.4 Å². The Kier molecular flexibility index (Phi) is 6.34. The molecule has 0 aromatic heterocycles. The molecule has 3 aromatic carbocycles. The second-order valence-electron chi connectivity index (χ2n) is 11.1. The van der Waals surface area contributed by atoms with E-state index < -0.39 is 76.8 Å². The van der Waals surface area contributed by atoms with E-state index in [1.807, 2.05) is 0 Å². The van der Waals surface area contributed by atoms with Crippen LogP contribution in [-0.4, -0.2) is 40.8 Å². The second kappa shape index (κ2) is 9.42. The van der Waals surface area contributed by atoms with Gasteiger partial charge in [-0.3, -0.25) is 9.59 Å². The Balaban J connectivity index is 1.32. The van der Waals surface area contributed by atoms with Crippen molar-refractivity contribution in [2.24, 2.45) is 11.8 Å². The summed E-state index contributed by atoms with van der Waals surface area (Å²) in [5, 5.41) is 11.9. The summed E-state index contributed by atoms with van der Waals surface area (Å²) in [5.74, 6) is -4.12. The molecule has 5 atom stereocenters. The molecule has 7 nitrogen and oxygen atoms in total. The average molecular weight is 605 g/mol. The largest absolute Gasteiger partial charge is 0.493 e. The lowest BCUT2D eigenvalue weighted by Crippen LogP contribution is -2.49. The van der Waals surface area contributed by atoms with Gasteiger partial charge in [0.05, 0.1) is 53.5 Å². The fourth-order valence-corrected chi connectivity index (χ4v) is 6.77. The number of amides is 2. The molecule has 3 saturated heterocycles. The van der Waals surface area contributed by atoms with Crippen molar-refractivity contribution in [1.29, 1.82) is 0 Å². The number of hydrogen-bond acceptors (Lipinski definition) is 5. The van der Waals surface area contributed by atoms with E-state index in [1.54, 1.807) is 24.3 Å². The van der Waals surface area contributed by atoms with Crippen LogP contribution in [0.15, 0.2) is 54.6 Å². The maximum atomic E-state index is 14.0. The maximum Gasteiger partial charge on any atom is 0.416 e. The van der Waals surface area contributed by atoms with Gasteiger partial charge >= 0.3 is 12.4 Å². The molecule has 0 saturated carbocycles. The molecular formula is C30H22F6N2O5. The van der Waals surface area contributed by atoms with Gasteiger partial charge < -0.3 is 14.6 Å². The van der Waals surface area contributed by atoms with Crippen LogP contribution in [0.25, 0.3) is 15.6 Å². The van der Waals surface area contributed by atoms with E-state index in [1.165, 1.54) is 19.1 Å². The molecule has 0 spiro atoms. The molecular weight excluding hydrogens is 582 g/mol. The molecule has 224 valence electrons. The van der Waals surface area contributed by atoms with Gasteiger partial charge in [-0.1, -0.05) is 30.3 Å². The molecule has 13 heteroatoms. The summed E-state index contributed by atoms with van der Waals surface area (Å²) in [5.41, 5.74) is -5.46. The standard InChI is InChI=1S/C30H22F6N2O5/c1-27-22(39)14-28(43-27,9-10-42-17-12-15(29(31,32)33)11-16(13-17)30(34,35)36)24-23(27)25(40)38(26(24)41)21-8-7-20(37-2)18-5-3-4-6-19(18)21/h3-8,11-13,22-24,39H,9-10,14H2,1H3/t22-,23-,24+,27?,28?/m1/s1. The first-order valence-electron chi connectivity index (χ1n) is 13.2. The summed E-state index contributed by atoms with van der Waals surface area (Å²) in [4.78, 5) is 32.3. The van der Waals surface area contributed by atoms with Crippen LogP contribution in [-0.2, 0) is 26.7 Å². The number of halogens is 6. The highest BCUT2D eigenvalue weighted by Crippen LogP contribution is 2.62. The summed E-state index contributed by atoms with van der Waals surface area (Å²) in [6.07, 6.45) is -11.6. The van der Waals surface area contributed by atoms with Crippen LogP contribution in [0.2, 0.25) is 0 Å². The van der Waals surface area contributed by atoms with Crippen molar-refractivity contribution < 1.29 is 50.5 Å². The topological polar surface area (TPSA) is 80.4 Å². The Labute approximate surface area is 240 Å². The van der Waals surface area contributed by atoms with Crippen molar-refractivity contribution in [1.82, 2.24) is 0 Å². The summed E-state index contributed by atoms with van der Waals surface area (Å²) in [6, 6.07) is 10.6. The van der Waals surface area contributed by atoms with Crippen molar-refractivity contribution in [3.05, 3.63) is 77.1 Å². The van der Waals surface area contributed by atoms with Crippen LogP contribution in [0, 0.1) is 18.4 Å². The Morgan fingerprint density at radius 2 is 1.58 bits per heavy atom. The first kappa shape index (κ1) is 28.9. The SMILES string of the molecule is [C-]#[N+]c1ccc(N2C(=O)[C@@H]3[C@H](C2=O)C2(C)OC3(CCOc3cc(C(F)(F)F)cc(C(F)(F)F)c3)C[C@H]2O)c2ccccc12. The number of nitrogens with zero attached hydrogens (tertiary/aromatic N) is 2. The lowest BCUT2D eigenvalue weighted by atomic mass is 9.66. The first-order chi connectivity index (χ1) is 20.1. The van der Waals surface area contributed by atoms with E-state index in [-0.39, 0.29) is 24.6 Å². The first-order valence-corrected chi connectivity index (χ1v) is 13.2. The number of carbonyl (C=O) groups excluding carboxylic acids is 2. The van der Waals surface area contributed by atoms with Crippen molar-refractivity contribution in [2.75, 3.05) is 11.5 Å². The van der Waals surface area contributed by atoms with Gasteiger partial charge in [0.25, 0.3) is 0 Å². The highest BCUT2D eigenvalue weighted by atomic mass is 19.4. The number of alkyl halides is 6. The molecule has 0 radical (unpaired) electrons. The number of benzene rings is 3. The average Bonchev–Trinajstić information content (AvgIpc) is 3.47. The summed E-state index contributed by atoms with van der Waals surface area (Å²) < 4.78 is 91.3. The van der Waals surface area contributed by atoms with Gasteiger partial charge in [-0.15, -0.1) is 0 Å². The smallest absolute Gasteiger partial charge is 0.416 e. The molecule has 43 heavy (non-hydrogen) atoms. The van der Waals surface area contributed by atoms with Crippen LogP contribution >= 0.6 is 0 Å². The predicted molar refractivity (Wildman–Crippen MR) is 139 cm³/mol.